The summed E-state index contributed by atoms with van der Waals surface area (Å²) in [4.78, 5) is 18.7. The van der Waals surface area contributed by atoms with Gasteiger partial charge in [0.05, 0.1) is 24.3 Å². The van der Waals surface area contributed by atoms with Crippen molar-refractivity contribution < 1.29 is 19.4 Å². The number of benzene rings is 1. The molecule has 1 aromatic carbocycles. The summed E-state index contributed by atoms with van der Waals surface area (Å²) in [7, 11) is 0. The Labute approximate surface area is 162 Å². The molecule has 1 fully saturated rings. The van der Waals surface area contributed by atoms with Crippen LogP contribution in [-0.4, -0.2) is 53.0 Å². The molecule has 2 aromatic rings. The Bertz CT molecular complexity index is 856. The van der Waals surface area contributed by atoms with Gasteiger partial charge < -0.3 is 14.6 Å². The first-order valence-electron chi connectivity index (χ1n) is 8.96. The molecule has 0 saturated carbocycles. The summed E-state index contributed by atoms with van der Waals surface area (Å²) >= 11 is 5.85. The summed E-state index contributed by atoms with van der Waals surface area (Å²) in [5.74, 6) is 0.444. The number of carbonyl (C=O) groups excluding carboxylic acids is 1. The molecule has 1 N–H and O–H groups in total. The number of aliphatic hydroxyl groups is 1. The highest BCUT2D eigenvalue weighted by Gasteiger charge is 2.37. The standard InChI is InChI=1S/C20H21ClN2O4/c1-12-6-18-15(8-14(12)7-13-2-3-19(21)22-9-13)20(25)23(11-27-18)16-10-26-5-4-17(16)24/h2-3,6,8-9,16-17,24H,4-5,7,10-11H2,1H3/t16-,17-/m0/s1. The Morgan fingerprint density at radius 1 is 1.37 bits per heavy atom. The maximum atomic E-state index is 13.1. The number of aromatic nitrogens is 1. The zero-order valence-electron chi connectivity index (χ0n) is 15.0. The Balaban J connectivity index is 1.61. The van der Waals surface area contributed by atoms with Crippen LogP contribution in [0.2, 0.25) is 5.15 Å². The zero-order chi connectivity index (χ0) is 19.0. The molecule has 0 radical (unpaired) electrons. The van der Waals surface area contributed by atoms with Crippen LogP contribution in [0.1, 0.15) is 33.5 Å². The lowest BCUT2D eigenvalue weighted by Crippen LogP contribution is -2.54. The molecule has 2 atom stereocenters. The van der Waals surface area contributed by atoms with Crippen LogP contribution < -0.4 is 4.74 Å². The lowest BCUT2D eigenvalue weighted by molar-refractivity contribution is -0.0696. The van der Waals surface area contributed by atoms with Crippen LogP contribution in [0, 0.1) is 6.92 Å². The van der Waals surface area contributed by atoms with E-state index < -0.39 is 6.10 Å². The second kappa shape index (κ2) is 7.46. The summed E-state index contributed by atoms with van der Waals surface area (Å²) in [6.45, 7) is 2.95. The van der Waals surface area contributed by atoms with E-state index in [0.717, 1.165) is 16.7 Å². The van der Waals surface area contributed by atoms with Crippen molar-refractivity contribution in [2.75, 3.05) is 19.9 Å². The summed E-state index contributed by atoms with van der Waals surface area (Å²) in [6, 6.07) is 7.07. The highest BCUT2D eigenvalue weighted by atomic mass is 35.5. The fourth-order valence-corrected chi connectivity index (χ4v) is 3.65. The lowest BCUT2D eigenvalue weighted by Gasteiger charge is -2.39. The van der Waals surface area contributed by atoms with E-state index in [2.05, 4.69) is 4.98 Å². The zero-order valence-corrected chi connectivity index (χ0v) is 15.8. The number of hydrogen-bond donors (Lipinski definition) is 1. The van der Waals surface area contributed by atoms with E-state index in [0.29, 0.717) is 42.5 Å². The second-order valence-corrected chi connectivity index (χ2v) is 7.37. The number of nitrogens with zero attached hydrogens (tertiary/aromatic N) is 2. The molecule has 1 aromatic heterocycles. The van der Waals surface area contributed by atoms with Crippen molar-refractivity contribution in [3.8, 4) is 5.75 Å². The highest BCUT2D eigenvalue weighted by Crippen LogP contribution is 2.31. The van der Waals surface area contributed by atoms with Crippen LogP contribution >= 0.6 is 11.6 Å². The Morgan fingerprint density at radius 2 is 2.22 bits per heavy atom. The molecule has 3 heterocycles. The minimum absolute atomic E-state index is 0.122. The van der Waals surface area contributed by atoms with Crippen LogP contribution in [0.5, 0.6) is 5.75 Å². The van der Waals surface area contributed by atoms with Crippen molar-refractivity contribution in [3.05, 3.63) is 57.9 Å². The van der Waals surface area contributed by atoms with E-state index >= 15 is 0 Å². The molecule has 0 aliphatic carbocycles. The van der Waals surface area contributed by atoms with Crippen LogP contribution in [0.3, 0.4) is 0 Å². The molecule has 0 unspecified atom stereocenters. The first-order chi connectivity index (χ1) is 13.0. The maximum Gasteiger partial charge on any atom is 0.260 e. The van der Waals surface area contributed by atoms with Gasteiger partial charge in [0.1, 0.15) is 10.9 Å². The molecular formula is C20H21ClN2O4. The number of carbonyl (C=O) groups is 1. The van der Waals surface area contributed by atoms with Crippen LogP contribution in [0.4, 0.5) is 0 Å². The first-order valence-corrected chi connectivity index (χ1v) is 9.34. The van der Waals surface area contributed by atoms with Crippen LogP contribution in [0.15, 0.2) is 30.5 Å². The number of aliphatic hydroxyl groups excluding tert-OH is 1. The smallest absolute Gasteiger partial charge is 0.260 e. The SMILES string of the molecule is Cc1cc2c(cc1Cc1ccc(Cl)nc1)C(=O)N([C@H]1COCC[C@@H]1O)CO2. The van der Waals surface area contributed by atoms with Crippen molar-refractivity contribution in [1.82, 2.24) is 9.88 Å². The quantitative estimate of drug-likeness (QED) is 0.818. The average Bonchev–Trinajstić information content (AvgIpc) is 2.66. The number of hydrogen-bond acceptors (Lipinski definition) is 5. The van der Waals surface area contributed by atoms with Gasteiger partial charge in [-0.05, 0) is 54.7 Å². The van der Waals surface area contributed by atoms with Gasteiger partial charge in [-0.1, -0.05) is 17.7 Å². The van der Waals surface area contributed by atoms with Crippen molar-refractivity contribution in [1.29, 1.82) is 0 Å². The number of rotatable bonds is 3. The molecular weight excluding hydrogens is 368 g/mol. The summed E-state index contributed by atoms with van der Waals surface area (Å²) < 4.78 is 11.3. The predicted molar refractivity (Wildman–Crippen MR) is 100 cm³/mol. The molecule has 4 rings (SSSR count). The van der Waals surface area contributed by atoms with E-state index in [1.165, 1.54) is 0 Å². The number of halogens is 1. The second-order valence-electron chi connectivity index (χ2n) is 6.99. The highest BCUT2D eigenvalue weighted by molar-refractivity contribution is 6.29. The van der Waals surface area contributed by atoms with Gasteiger partial charge in [-0.15, -0.1) is 0 Å². The van der Waals surface area contributed by atoms with Gasteiger partial charge in [0.25, 0.3) is 5.91 Å². The molecule has 142 valence electrons. The number of aryl methyl sites for hydroxylation is 1. The monoisotopic (exact) mass is 388 g/mol. The molecule has 27 heavy (non-hydrogen) atoms. The molecule has 1 amide bonds. The van der Waals surface area contributed by atoms with Crippen molar-refractivity contribution >= 4 is 17.5 Å². The van der Waals surface area contributed by atoms with Gasteiger partial charge >= 0.3 is 0 Å². The van der Waals surface area contributed by atoms with Crippen molar-refractivity contribution in [2.45, 2.75) is 31.9 Å². The minimum atomic E-state index is -0.599. The van der Waals surface area contributed by atoms with E-state index in [1.807, 2.05) is 25.1 Å². The maximum absolute atomic E-state index is 13.1. The van der Waals surface area contributed by atoms with Gasteiger partial charge in [-0.3, -0.25) is 9.69 Å². The molecule has 7 heteroatoms. The Morgan fingerprint density at radius 3 is 2.96 bits per heavy atom. The largest absolute Gasteiger partial charge is 0.472 e. The summed E-state index contributed by atoms with van der Waals surface area (Å²) in [5, 5.41) is 10.7. The number of pyridine rings is 1. The van der Waals surface area contributed by atoms with Crippen molar-refractivity contribution in [2.24, 2.45) is 0 Å². The van der Waals surface area contributed by atoms with Gasteiger partial charge in [-0.2, -0.15) is 0 Å². The van der Waals surface area contributed by atoms with Gasteiger partial charge in [0.2, 0.25) is 0 Å². The first kappa shape index (κ1) is 18.2. The molecule has 1 saturated heterocycles. The Hall–Kier alpha value is -2.15. The third kappa shape index (κ3) is 3.65. The van der Waals surface area contributed by atoms with Gasteiger partial charge in [0.15, 0.2) is 6.73 Å². The molecule has 2 aliphatic rings. The van der Waals surface area contributed by atoms with Gasteiger partial charge in [-0.25, -0.2) is 4.98 Å². The van der Waals surface area contributed by atoms with Crippen LogP contribution in [-0.2, 0) is 11.2 Å². The third-order valence-corrected chi connectivity index (χ3v) is 5.39. The summed E-state index contributed by atoms with van der Waals surface area (Å²) in [5.41, 5.74) is 3.60. The fourth-order valence-electron chi connectivity index (χ4n) is 3.54. The normalized spacial score (nSPS) is 22.3. The van der Waals surface area contributed by atoms with E-state index in [1.54, 1.807) is 17.2 Å². The number of ether oxygens (including phenoxy) is 2. The lowest BCUT2D eigenvalue weighted by atomic mass is 9.96. The fraction of sp³-hybridized carbons (Fsp3) is 0.400. The number of fused-ring (bicyclic) bond motifs is 1. The van der Waals surface area contributed by atoms with Gasteiger partial charge in [0, 0.05) is 12.8 Å². The minimum Gasteiger partial charge on any atom is -0.472 e. The van der Waals surface area contributed by atoms with E-state index in [-0.39, 0.29) is 18.7 Å². The molecule has 6 nitrogen and oxygen atoms in total. The van der Waals surface area contributed by atoms with Crippen molar-refractivity contribution in [3.63, 3.8) is 0 Å². The molecule has 0 spiro atoms. The topological polar surface area (TPSA) is 71.9 Å². The number of amides is 1. The molecule has 0 bridgehead atoms. The third-order valence-electron chi connectivity index (χ3n) is 5.16. The molecule has 2 aliphatic heterocycles. The predicted octanol–water partition coefficient (Wildman–Crippen LogP) is 2.58. The average molecular weight is 389 g/mol. The summed E-state index contributed by atoms with van der Waals surface area (Å²) in [6.07, 6.45) is 2.30. The van der Waals surface area contributed by atoms with Crippen LogP contribution in [0.25, 0.3) is 0 Å². The van der Waals surface area contributed by atoms with E-state index in [4.69, 9.17) is 21.1 Å². The van der Waals surface area contributed by atoms with E-state index in [9.17, 15) is 9.90 Å². The Kier molecular flexibility index (Phi) is 5.04.